The van der Waals surface area contributed by atoms with E-state index in [0.29, 0.717) is 18.9 Å². The largest absolute Gasteiger partial charge is 0.338 e. The summed E-state index contributed by atoms with van der Waals surface area (Å²) in [5.41, 5.74) is 2.63. The van der Waals surface area contributed by atoms with Crippen molar-refractivity contribution in [2.45, 2.75) is 25.3 Å². The molecule has 1 fully saturated rings. The van der Waals surface area contributed by atoms with E-state index < -0.39 is 0 Å². The highest BCUT2D eigenvalue weighted by Gasteiger charge is 2.25. The normalized spacial score (nSPS) is 21.2. The number of anilines is 1. The maximum atomic E-state index is 12.5. The van der Waals surface area contributed by atoms with Crippen LogP contribution in [0.3, 0.4) is 0 Å². The number of carbonyl (C=O) groups is 2. The van der Waals surface area contributed by atoms with Crippen LogP contribution in [-0.2, 0) is 11.2 Å². The Morgan fingerprint density at radius 3 is 3.00 bits per heavy atom. The lowest BCUT2D eigenvalue weighted by Gasteiger charge is -2.25. The van der Waals surface area contributed by atoms with Gasteiger partial charge in [-0.05, 0) is 42.4 Å². The van der Waals surface area contributed by atoms with Gasteiger partial charge in [-0.15, -0.1) is 0 Å². The number of amides is 2. The molecule has 5 heteroatoms. The fourth-order valence-corrected chi connectivity index (χ4v) is 3.98. The number of rotatable bonds is 2. The van der Waals surface area contributed by atoms with E-state index in [1.54, 1.807) is 0 Å². The molecule has 1 saturated heterocycles. The van der Waals surface area contributed by atoms with Crippen molar-refractivity contribution in [3.63, 3.8) is 0 Å². The molecule has 4 nitrogen and oxygen atoms in total. The first-order valence-corrected chi connectivity index (χ1v) is 8.08. The summed E-state index contributed by atoms with van der Waals surface area (Å²) in [5, 5.41) is 2.84. The summed E-state index contributed by atoms with van der Waals surface area (Å²) in [6, 6.07) is 5.93. The van der Waals surface area contributed by atoms with Crippen LogP contribution in [0.25, 0.3) is 0 Å². The maximum Gasteiger partial charge on any atom is 0.253 e. The first-order valence-electron chi connectivity index (χ1n) is 6.93. The van der Waals surface area contributed by atoms with Crippen molar-refractivity contribution in [3.8, 4) is 0 Å². The zero-order valence-electron chi connectivity index (χ0n) is 11.5. The Morgan fingerprint density at radius 2 is 2.25 bits per heavy atom. The molecular weight excluding hydrogens is 272 g/mol. The second kappa shape index (κ2) is 5.48. The predicted octanol–water partition coefficient (Wildman–Crippen LogP) is 2.15. The smallest absolute Gasteiger partial charge is 0.253 e. The predicted molar refractivity (Wildman–Crippen MR) is 81.2 cm³/mol. The summed E-state index contributed by atoms with van der Waals surface area (Å²) >= 11 is 1.90. The minimum absolute atomic E-state index is 0.0525. The summed E-state index contributed by atoms with van der Waals surface area (Å²) in [6.07, 6.45) is 2.29. The molecule has 0 aromatic heterocycles. The van der Waals surface area contributed by atoms with Crippen LogP contribution in [0, 0.1) is 0 Å². The van der Waals surface area contributed by atoms with Crippen LogP contribution in [-0.4, -0.2) is 41.3 Å². The molecule has 1 unspecified atom stereocenters. The number of thioether (sulfide) groups is 1. The van der Waals surface area contributed by atoms with E-state index >= 15 is 0 Å². The van der Waals surface area contributed by atoms with Crippen LogP contribution in [0.5, 0.6) is 0 Å². The Bertz CT molecular complexity index is 553. The van der Waals surface area contributed by atoms with Crippen LogP contribution in [0.2, 0.25) is 0 Å². The molecule has 1 aromatic carbocycles. The number of nitrogens with zero attached hydrogens (tertiary/aromatic N) is 1. The molecule has 106 valence electrons. The number of benzene rings is 1. The van der Waals surface area contributed by atoms with Crippen molar-refractivity contribution in [2.24, 2.45) is 0 Å². The topological polar surface area (TPSA) is 49.4 Å². The molecule has 0 saturated carbocycles. The van der Waals surface area contributed by atoms with Crippen molar-refractivity contribution in [3.05, 3.63) is 29.3 Å². The zero-order chi connectivity index (χ0) is 14.1. The number of nitrogens with one attached hydrogen (secondary N) is 1. The van der Waals surface area contributed by atoms with Gasteiger partial charge in [0, 0.05) is 36.5 Å². The van der Waals surface area contributed by atoms with Gasteiger partial charge in [0.2, 0.25) is 5.91 Å². The van der Waals surface area contributed by atoms with E-state index in [0.717, 1.165) is 34.7 Å². The van der Waals surface area contributed by atoms with Crippen molar-refractivity contribution in [2.75, 3.05) is 23.9 Å². The van der Waals surface area contributed by atoms with Gasteiger partial charge in [-0.2, -0.15) is 11.8 Å². The summed E-state index contributed by atoms with van der Waals surface area (Å²) < 4.78 is 0. The third kappa shape index (κ3) is 2.54. The second-order valence-electron chi connectivity index (χ2n) is 5.35. The molecule has 2 aliphatic heterocycles. The van der Waals surface area contributed by atoms with Gasteiger partial charge in [-0.25, -0.2) is 0 Å². The third-order valence-corrected chi connectivity index (χ3v) is 5.17. The lowest BCUT2D eigenvalue weighted by Crippen LogP contribution is -2.37. The fraction of sp³-hybridized carbons (Fsp3) is 0.467. The monoisotopic (exact) mass is 290 g/mol. The number of hydrogen-bond donors (Lipinski definition) is 1. The maximum absolute atomic E-state index is 12.5. The molecule has 2 aliphatic rings. The summed E-state index contributed by atoms with van der Waals surface area (Å²) in [5.74, 6) is 2.30. The molecule has 0 bridgehead atoms. The highest BCUT2D eigenvalue weighted by molar-refractivity contribution is 7.99. The number of carbonyl (C=O) groups excluding carboxylic acids is 2. The molecule has 20 heavy (non-hydrogen) atoms. The van der Waals surface area contributed by atoms with Crippen LogP contribution < -0.4 is 5.32 Å². The average Bonchev–Trinajstić information content (AvgIpc) is 2.99. The Labute approximate surface area is 122 Å². The molecule has 0 aliphatic carbocycles. The SMILES string of the molecule is CN(C(=O)c1ccc2c(c1)CCC(=O)N2)C1CCSC1. The zero-order valence-corrected chi connectivity index (χ0v) is 12.3. The van der Waals surface area contributed by atoms with E-state index in [-0.39, 0.29) is 11.8 Å². The molecule has 1 atom stereocenters. The summed E-state index contributed by atoms with van der Waals surface area (Å²) in [6.45, 7) is 0. The lowest BCUT2D eigenvalue weighted by molar-refractivity contribution is -0.116. The van der Waals surface area contributed by atoms with Crippen LogP contribution in [0.1, 0.15) is 28.8 Å². The van der Waals surface area contributed by atoms with Gasteiger partial charge in [0.1, 0.15) is 0 Å². The minimum atomic E-state index is 0.0525. The van der Waals surface area contributed by atoms with Crippen molar-refractivity contribution in [1.82, 2.24) is 4.90 Å². The van der Waals surface area contributed by atoms with Crippen molar-refractivity contribution >= 4 is 29.3 Å². The molecule has 0 radical (unpaired) electrons. The van der Waals surface area contributed by atoms with Gasteiger partial charge in [-0.1, -0.05) is 0 Å². The molecule has 2 amide bonds. The standard InChI is InChI=1S/C15H18N2O2S/c1-17(12-6-7-20-9-12)15(19)11-2-4-13-10(8-11)3-5-14(18)16-13/h2,4,8,12H,3,5-7,9H2,1H3,(H,16,18). The first kappa shape index (κ1) is 13.5. The van der Waals surface area contributed by atoms with E-state index in [2.05, 4.69) is 5.32 Å². The quantitative estimate of drug-likeness (QED) is 0.908. The van der Waals surface area contributed by atoms with E-state index in [1.165, 1.54) is 0 Å². The number of fused-ring (bicyclic) bond motifs is 1. The van der Waals surface area contributed by atoms with Gasteiger partial charge in [0.25, 0.3) is 5.91 Å². The molecule has 0 spiro atoms. The Balaban J connectivity index is 1.80. The van der Waals surface area contributed by atoms with Gasteiger partial charge < -0.3 is 10.2 Å². The second-order valence-corrected chi connectivity index (χ2v) is 6.50. The average molecular weight is 290 g/mol. The highest BCUT2D eigenvalue weighted by Crippen LogP contribution is 2.26. The van der Waals surface area contributed by atoms with Gasteiger partial charge in [0.05, 0.1) is 0 Å². The van der Waals surface area contributed by atoms with Crippen LogP contribution in [0.4, 0.5) is 5.69 Å². The Kier molecular flexibility index (Phi) is 3.70. The van der Waals surface area contributed by atoms with Gasteiger partial charge >= 0.3 is 0 Å². The van der Waals surface area contributed by atoms with Crippen molar-refractivity contribution < 1.29 is 9.59 Å². The van der Waals surface area contributed by atoms with Gasteiger partial charge in [-0.3, -0.25) is 9.59 Å². The first-order chi connectivity index (χ1) is 9.65. The molecule has 1 aromatic rings. The van der Waals surface area contributed by atoms with E-state index in [9.17, 15) is 9.59 Å². The summed E-state index contributed by atoms with van der Waals surface area (Å²) in [4.78, 5) is 25.7. The van der Waals surface area contributed by atoms with Gasteiger partial charge in [0.15, 0.2) is 0 Å². The van der Waals surface area contributed by atoms with Crippen LogP contribution >= 0.6 is 11.8 Å². The fourth-order valence-electron chi connectivity index (χ4n) is 2.71. The van der Waals surface area contributed by atoms with E-state index in [4.69, 9.17) is 0 Å². The number of hydrogen-bond acceptors (Lipinski definition) is 3. The molecular formula is C15H18N2O2S. The summed E-state index contributed by atoms with van der Waals surface area (Å²) in [7, 11) is 1.89. The highest BCUT2D eigenvalue weighted by atomic mass is 32.2. The lowest BCUT2D eigenvalue weighted by atomic mass is 9.99. The minimum Gasteiger partial charge on any atom is -0.338 e. The Morgan fingerprint density at radius 1 is 1.40 bits per heavy atom. The third-order valence-electron chi connectivity index (χ3n) is 4.02. The number of aryl methyl sites for hydroxylation is 1. The van der Waals surface area contributed by atoms with Crippen LogP contribution in [0.15, 0.2) is 18.2 Å². The van der Waals surface area contributed by atoms with Crippen molar-refractivity contribution in [1.29, 1.82) is 0 Å². The molecule has 2 heterocycles. The Hall–Kier alpha value is -1.49. The van der Waals surface area contributed by atoms with E-state index in [1.807, 2.05) is 41.9 Å². The molecule has 3 rings (SSSR count). The molecule has 1 N–H and O–H groups in total.